The minimum atomic E-state index is 0.137. The van der Waals surface area contributed by atoms with E-state index < -0.39 is 0 Å². The highest BCUT2D eigenvalue weighted by molar-refractivity contribution is 7.18. The number of thiazole rings is 1. The van der Waals surface area contributed by atoms with E-state index in [1.165, 1.54) is 5.56 Å². The van der Waals surface area contributed by atoms with Crippen LogP contribution in [0.25, 0.3) is 10.3 Å². The van der Waals surface area contributed by atoms with Gasteiger partial charge in [-0.1, -0.05) is 17.4 Å². The maximum absolute atomic E-state index is 11.7. The van der Waals surface area contributed by atoms with Crippen molar-refractivity contribution in [1.82, 2.24) is 19.9 Å². The number of amides is 1. The van der Waals surface area contributed by atoms with Crippen molar-refractivity contribution in [1.29, 1.82) is 0 Å². The van der Waals surface area contributed by atoms with Crippen LogP contribution < -0.4 is 5.32 Å². The van der Waals surface area contributed by atoms with Gasteiger partial charge < -0.3 is 10.2 Å². The Kier molecular flexibility index (Phi) is 4.81. The first-order valence-electron chi connectivity index (χ1n) is 8.80. The number of aliphatic imine (C=N–C) groups is 1. The van der Waals surface area contributed by atoms with E-state index in [1.54, 1.807) is 36.7 Å². The molecule has 0 aliphatic carbocycles. The zero-order chi connectivity index (χ0) is 18.8. The van der Waals surface area contributed by atoms with Crippen molar-refractivity contribution in [2.45, 2.75) is 25.8 Å². The van der Waals surface area contributed by atoms with E-state index in [2.05, 4.69) is 32.4 Å². The summed E-state index contributed by atoms with van der Waals surface area (Å²) in [5.41, 5.74) is 4.09. The average molecular weight is 380 g/mol. The molecule has 0 radical (unpaired) electrons. The van der Waals surface area contributed by atoms with Gasteiger partial charge in [-0.3, -0.25) is 9.79 Å². The van der Waals surface area contributed by atoms with Crippen molar-refractivity contribution in [3.05, 3.63) is 40.7 Å². The number of benzene rings is 1. The fourth-order valence-electron chi connectivity index (χ4n) is 2.93. The zero-order valence-corrected chi connectivity index (χ0v) is 16.1. The third-order valence-corrected chi connectivity index (χ3v) is 5.44. The summed E-state index contributed by atoms with van der Waals surface area (Å²) < 4.78 is 0. The van der Waals surface area contributed by atoms with Crippen LogP contribution in [0.3, 0.4) is 0 Å². The van der Waals surface area contributed by atoms with Crippen molar-refractivity contribution < 1.29 is 4.79 Å². The molecule has 0 unspecified atom stereocenters. The average Bonchev–Trinajstić information content (AvgIpc) is 3.28. The van der Waals surface area contributed by atoms with Gasteiger partial charge in [0, 0.05) is 32.4 Å². The summed E-state index contributed by atoms with van der Waals surface area (Å²) in [6.45, 7) is 0.749. The minimum Gasteiger partial charge on any atom is -0.349 e. The van der Waals surface area contributed by atoms with Crippen LogP contribution in [0, 0.1) is 0 Å². The lowest BCUT2D eigenvalue weighted by molar-refractivity contribution is -0.128. The normalized spacial score (nSPS) is 12.4. The lowest BCUT2D eigenvalue weighted by Crippen LogP contribution is -2.21. The molecule has 0 fully saturated rings. The molecular weight excluding hydrogens is 360 g/mol. The summed E-state index contributed by atoms with van der Waals surface area (Å²) in [6.07, 6.45) is 5.51. The molecule has 4 rings (SSSR count). The van der Waals surface area contributed by atoms with Crippen LogP contribution >= 0.6 is 11.3 Å². The highest BCUT2D eigenvalue weighted by Gasteiger charge is 2.13. The number of aromatic nitrogens is 3. The van der Waals surface area contributed by atoms with Gasteiger partial charge in [0.25, 0.3) is 0 Å². The molecule has 0 saturated carbocycles. The van der Waals surface area contributed by atoms with Crippen molar-refractivity contribution in [3.63, 3.8) is 0 Å². The zero-order valence-electron chi connectivity index (χ0n) is 15.3. The fraction of sp³-hybridized carbons (Fsp3) is 0.316. The Morgan fingerprint density at radius 1 is 1.30 bits per heavy atom. The first-order chi connectivity index (χ1) is 13.1. The minimum absolute atomic E-state index is 0.137. The number of rotatable bonds is 6. The number of hydrogen-bond acceptors (Lipinski definition) is 7. The van der Waals surface area contributed by atoms with Crippen molar-refractivity contribution in [2.75, 3.05) is 19.4 Å². The molecule has 0 spiro atoms. The molecule has 1 aliphatic heterocycles. The van der Waals surface area contributed by atoms with Crippen molar-refractivity contribution in [2.24, 2.45) is 4.99 Å². The molecule has 1 N–H and O–H groups in total. The Hall–Kier alpha value is -2.87. The van der Waals surface area contributed by atoms with E-state index in [4.69, 9.17) is 4.98 Å². The Labute approximate surface area is 161 Å². The van der Waals surface area contributed by atoms with Crippen LogP contribution in [-0.2, 0) is 17.8 Å². The smallest absolute Gasteiger partial charge is 0.222 e. The lowest BCUT2D eigenvalue weighted by atomic mass is 10.1. The van der Waals surface area contributed by atoms with Gasteiger partial charge >= 0.3 is 0 Å². The van der Waals surface area contributed by atoms with Gasteiger partial charge in [-0.15, -0.1) is 0 Å². The van der Waals surface area contributed by atoms with Crippen molar-refractivity contribution in [3.8, 4) is 0 Å². The molecule has 8 heteroatoms. The van der Waals surface area contributed by atoms with Gasteiger partial charge in [0.2, 0.25) is 5.91 Å². The number of hydrogen-bond donors (Lipinski definition) is 1. The molecule has 1 aliphatic rings. The second-order valence-corrected chi connectivity index (χ2v) is 7.70. The maximum Gasteiger partial charge on any atom is 0.222 e. The topological polar surface area (TPSA) is 83.4 Å². The number of carbonyl (C=O) groups excluding carboxylic acids is 1. The van der Waals surface area contributed by atoms with E-state index in [-0.39, 0.29) is 5.91 Å². The molecular formula is C19H20N6OS. The highest BCUT2D eigenvalue weighted by atomic mass is 32.1. The molecule has 1 amide bonds. The molecule has 27 heavy (non-hydrogen) atoms. The number of aryl methyl sites for hydroxylation is 1. The lowest BCUT2D eigenvalue weighted by Gasteiger charge is -2.08. The summed E-state index contributed by atoms with van der Waals surface area (Å²) in [4.78, 5) is 31.9. The fourth-order valence-corrected chi connectivity index (χ4v) is 3.87. The second kappa shape index (κ2) is 7.40. The summed E-state index contributed by atoms with van der Waals surface area (Å²) in [5, 5.41) is 4.32. The number of fused-ring (bicyclic) bond motifs is 2. The van der Waals surface area contributed by atoms with Gasteiger partial charge in [0.15, 0.2) is 5.82 Å². The van der Waals surface area contributed by atoms with E-state index in [1.807, 2.05) is 12.3 Å². The first kappa shape index (κ1) is 17.5. The largest absolute Gasteiger partial charge is 0.349 e. The number of nitrogens with one attached hydrogen (secondary N) is 1. The van der Waals surface area contributed by atoms with E-state index in [9.17, 15) is 4.79 Å². The molecule has 138 valence electrons. The highest BCUT2D eigenvalue weighted by Crippen LogP contribution is 2.28. The first-order valence-corrected chi connectivity index (χ1v) is 9.62. The van der Waals surface area contributed by atoms with E-state index in [0.717, 1.165) is 46.0 Å². The van der Waals surface area contributed by atoms with Crippen LogP contribution in [0.5, 0.6) is 0 Å². The Bertz CT molecular complexity index is 1030. The number of carbonyl (C=O) groups is 1. The second-order valence-electron chi connectivity index (χ2n) is 6.63. The standard InChI is InChI=1S/C19H20N6OS/c1-25(2)16(26)5-3-4-15-24-17-18(21-11-22-19(17)27-15)23-14-7-6-12-9-20-10-13(12)8-14/h6-8,10-11H,3-5,9H2,1-2H3,(H,21,22,23). The quantitative estimate of drug-likeness (QED) is 0.710. The summed E-state index contributed by atoms with van der Waals surface area (Å²) >= 11 is 1.55. The summed E-state index contributed by atoms with van der Waals surface area (Å²) in [6, 6.07) is 6.18. The van der Waals surface area contributed by atoms with Crippen LogP contribution in [0.2, 0.25) is 0 Å². The van der Waals surface area contributed by atoms with Gasteiger partial charge in [-0.2, -0.15) is 0 Å². The van der Waals surface area contributed by atoms with Gasteiger partial charge in [-0.25, -0.2) is 15.0 Å². The van der Waals surface area contributed by atoms with Crippen LogP contribution in [0.1, 0.15) is 29.0 Å². The van der Waals surface area contributed by atoms with Crippen LogP contribution in [0.4, 0.5) is 11.5 Å². The predicted octanol–water partition coefficient (Wildman–Crippen LogP) is 3.17. The third-order valence-electron chi connectivity index (χ3n) is 4.42. The summed E-state index contributed by atoms with van der Waals surface area (Å²) in [7, 11) is 3.55. The Morgan fingerprint density at radius 2 is 2.19 bits per heavy atom. The van der Waals surface area contributed by atoms with Gasteiger partial charge in [-0.05, 0) is 36.1 Å². The Balaban J connectivity index is 1.51. The number of anilines is 2. The number of nitrogens with zero attached hydrogens (tertiary/aromatic N) is 5. The molecule has 3 heterocycles. The third kappa shape index (κ3) is 3.80. The van der Waals surface area contributed by atoms with Crippen molar-refractivity contribution >= 4 is 45.3 Å². The SMILES string of the molecule is CN(C)C(=O)CCCc1nc2c(Nc3ccc4c(c3)C=NC4)ncnc2s1. The predicted molar refractivity (Wildman–Crippen MR) is 108 cm³/mol. The molecule has 0 atom stereocenters. The van der Waals surface area contributed by atoms with Crippen LogP contribution in [-0.4, -0.2) is 46.1 Å². The summed E-state index contributed by atoms with van der Waals surface area (Å²) in [5.74, 6) is 0.833. The van der Waals surface area contributed by atoms with Gasteiger partial charge in [0.1, 0.15) is 16.7 Å². The molecule has 0 bridgehead atoms. The molecule has 2 aromatic heterocycles. The molecule has 0 saturated heterocycles. The maximum atomic E-state index is 11.7. The molecule has 7 nitrogen and oxygen atoms in total. The molecule has 3 aromatic rings. The van der Waals surface area contributed by atoms with E-state index in [0.29, 0.717) is 12.2 Å². The van der Waals surface area contributed by atoms with Gasteiger partial charge in [0.05, 0.1) is 11.6 Å². The van der Waals surface area contributed by atoms with E-state index >= 15 is 0 Å². The Morgan fingerprint density at radius 3 is 3.04 bits per heavy atom. The van der Waals surface area contributed by atoms with Crippen LogP contribution in [0.15, 0.2) is 29.5 Å². The monoisotopic (exact) mass is 380 g/mol. The molecule has 1 aromatic carbocycles.